The van der Waals surface area contributed by atoms with Crippen molar-refractivity contribution in [3.8, 4) is 0 Å². The second-order valence-corrected chi connectivity index (χ2v) is 3.23. The van der Waals surface area contributed by atoms with Crippen molar-refractivity contribution in [2.75, 3.05) is 6.61 Å². The Morgan fingerprint density at radius 1 is 1.64 bits per heavy atom. The Balaban J connectivity index is 2.36. The SMILES string of the molecule is CCC1OC1(C)[C@H](O)CCO. The van der Waals surface area contributed by atoms with Crippen molar-refractivity contribution in [3.05, 3.63) is 0 Å². The quantitative estimate of drug-likeness (QED) is 0.581. The molecule has 0 aromatic rings. The first kappa shape index (κ1) is 8.97. The van der Waals surface area contributed by atoms with Crippen LogP contribution in [-0.2, 0) is 4.74 Å². The van der Waals surface area contributed by atoms with Crippen LogP contribution in [0, 0.1) is 0 Å². The summed E-state index contributed by atoms with van der Waals surface area (Å²) in [6.45, 7) is 3.94. The van der Waals surface area contributed by atoms with Crippen molar-refractivity contribution >= 4 is 0 Å². The van der Waals surface area contributed by atoms with E-state index in [0.717, 1.165) is 6.42 Å². The minimum atomic E-state index is -0.516. The van der Waals surface area contributed by atoms with Crippen LogP contribution in [0.1, 0.15) is 26.7 Å². The molecule has 0 aromatic heterocycles. The molecule has 0 saturated carbocycles. The lowest BCUT2D eigenvalue weighted by Gasteiger charge is -2.13. The highest BCUT2D eigenvalue weighted by atomic mass is 16.6. The molecule has 0 bridgehead atoms. The normalized spacial score (nSPS) is 38.7. The number of aliphatic hydroxyl groups is 2. The van der Waals surface area contributed by atoms with Crippen LogP contribution in [0.2, 0.25) is 0 Å². The zero-order valence-corrected chi connectivity index (χ0v) is 7.08. The molecule has 0 aliphatic carbocycles. The maximum absolute atomic E-state index is 9.46. The monoisotopic (exact) mass is 160 g/mol. The highest BCUT2D eigenvalue weighted by molar-refractivity contribution is 5.03. The Bertz CT molecular complexity index is 137. The summed E-state index contributed by atoms with van der Waals surface area (Å²) in [7, 11) is 0. The first-order valence-corrected chi connectivity index (χ1v) is 4.12. The maximum atomic E-state index is 9.46. The molecule has 3 atom stereocenters. The van der Waals surface area contributed by atoms with E-state index < -0.39 is 6.10 Å². The van der Waals surface area contributed by atoms with Crippen molar-refractivity contribution in [3.63, 3.8) is 0 Å². The summed E-state index contributed by atoms with van der Waals surface area (Å²) in [5.74, 6) is 0. The van der Waals surface area contributed by atoms with E-state index >= 15 is 0 Å². The zero-order chi connectivity index (χ0) is 8.48. The Kier molecular flexibility index (Phi) is 2.52. The Labute approximate surface area is 67.0 Å². The molecule has 66 valence electrons. The van der Waals surface area contributed by atoms with E-state index in [1.807, 2.05) is 13.8 Å². The summed E-state index contributed by atoms with van der Waals surface area (Å²) in [4.78, 5) is 0. The largest absolute Gasteiger partial charge is 0.396 e. The molecule has 0 aromatic carbocycles. The molecular formula is C8H16O3. The third-order valence-electron chi connectivity index (χ3n) is 2.41. The summed E-state index contributed by atoms with van der Waals surface area (Å²) in [6.07, 6.45) is 1.01. The van der Waals surface area contributed by atoms with E-state index in [4.69, 9.17) is 9.84 Å². The molecule has 1 rings (SSSR count). The molecule has 1 fully saturated rings. The zero-order valence-electron chi connectivity index (χ0n) is 7.08. The van der Waals surface area contributed by atoms with Crippen LogP contribution < -0.4 is 0 Å². The van der Waals surface area contributed by atoms with Gasteiger partial charge in [0.15, 0.2) is 0 Å². The van der Waals surface area contributed by atoms with Crippen molar-refractivity contribution in [2.45, 2.75) is 44.5 Å². The van der Waals surface area contributed by atoms with Gasteiger partial charge in [0, 0.05) is 6.61 Å². The molecule has 2 N–H and O–H groups in total. The van der Waals surface area contributed by atoms with Gasteiger partial charge in [-0.25, -0.2) is 0 Å². The number of rotatable bonds is 4. The highest BCUT2D eigenvalue weighted by Crippen LogP contribution is 2.42. The first-order valence-electron chi connectivity index (χ1n) is 4.12. The molecule has 1 heterocycles. The summed E-state index contributed by atoms with van der Waals surface area (Å²) in [6, 6.07) is 0. The molecule has 0 amide bonds. The van der Waals surface area contributed by atoms with Crippen LogP contribution >= 0.6 is 0 Å². The lowest BCUT2D eigenvalue weighted by atomic mass is 9.97. The van der Waals surface area contributed by atoms with E-state index in [2.05, 4.69) is 0 Å². The van der Waals surface area contributed by atoms with Crippen LogP contribution in [0.15, 0.2) is 0 Å². The van der Waals surface area contributed by atoms with Crippen LogP contribution in [0.4, 0.5) is 0 Å². The van der Waals surface area contributed by atoms with Gasteiger partial charge >= 0.3 is 0 Å². The minimum absolute atomic E-state index is 0.0244. The standard InChI is InChI=1S/C8H16O3/c1-3-7-8(2,11-7)6(10)4-5-9/h6-7,9-10H,3-5H2,1-2H3/t6-,7?,8?/m1/s1. The summed E-state index contributed by atoms with van der Waals surface area (Å²) in [5.41, 5.74) is -0.377. The molecule has 1 saturated heterocycles. The number of epoxide rings is 1. The van der Waals surface area contributed by atoms with E-state index in [1.165, 1.54) is 0 Å². The number of hydrogen-bond acceptors (Lipinski definition) is 3. The molecule has 1 aliphatic rings. The molecular weight excluding hydrogens is 144 g/mol. The minimum Gasteiger partial charge on any atom is -0.396 e. The molecule has 2 unspecified atom stereocenters. The maximum Gasteiger partial charge on any atom is 0.118 e. The van der Waals surface area contributed by atoms with E-state index in [1.54, 1.807) is 0 Å². The smallest absolute Gasteiger partial charge is 0.118 e. The molecule has 0 spiro atoms. The Hall–Kier alpha value is -0.120. The predicted octanol–water partition coefficient (Wildman–Crippen LogP) is 0.297. The van der Waals surface area contributed by atoms with Crippen molar-refractivity contribution in [1.29, 1.82) is 0 Å². The van der Waals surface area contributed by atoms with Crippen molar-refractivity contribution in [1.82, 2.24) is 0 Å². The van der Waals surface area contributed by atoms with Crippen molar-refractivity contribution in [2.24, 2.45) is 0 Å². The summed E-state index contributed by atoms with van der Waals surface area (Å²) < 4.78 is 5.31. The topological polar surface area (TPSA) is 53.0 Å². The number of hydrogen-bond donors (Lipinski definition) is 2. The average Bonchev–Trinajstić information content (AvgIpc) is 2.64. The third kappa shape index (κ3) is 1.55. The third-order valence-corrected chi connectivity index (χ3v) is 2.41. The molecule has 3 heteroatoms. The molecule has 3 nitrogen and oxygen atoms in total. The Morgan fingerprint density at radius 2 is 2.27 bits per heavy atom. The fourth-order valence-electron chi connectivity index (χ4n) is 1.46. The van der Waals surface area contributed by atoms with Gasteiger partial charge in [0.1, 0.15) is 5.60 Å². The van der Waals surface area contributed by atoms with Crippen LogP contribution in [-0.4, -0.2) is 34.6 Å². The number of ether oxygens (including phenoxy) is 1. The van der Waals surface area contributed by atoms with Gasteiger partial charge in [0.05, 0.1) is 12.2 Å². The fraction of sp³-hybridized carbons (Fsp3) is 1.00. The average molecular weight is 160 g/mol. The number of aliphatic hydroxyl groups excluding tert-OH is 2. The lowest BCUT2D eigenvalue weighted by Crippen LogP contribution is -2.29. The molecule has 1 aliphatic heterocycles. The van der Waals surface area contributed by atoms with E-state index in [9.17, 15) is 5.11 Å². The molecule has 0 radical (unpaired) electrons. The van der Waals surface area contributed by atoms with Crippen molar-refractivity contribution < 1.29 is 14.9 Å². The van der Waals surface area contributed by atoms with E-state index in [0.29, 0.717) is 6.42 Å². The van der Waals surface area contributed by atoms with Crippen LogP contribution in [0.25, 0.3) is 0 Å². The molecule has 11 heavy (non-hydrogen) atoms. The van der Waals surface area contributed by atoms with Gasteiger partial charge in [-0.05, 0) is 19.8 Å². The summed E-state index contributed by atoms with van der Waals surface area (Å²) >= 11 is 0. The van der Waals surface area contributed by atoms with Gasteiger partial charge in [-0.15, -0.1) is 0 Å². The van der Waals surface area contributed by atoms with Gasteiger partial charge in [-0.2, -0.15) is 0 Å². The second-order valence-electron chi connectivity index (χ2n) is 3.23. The predicted molar refractivity (Wildman–Crippen MR) is 41.3 cm³/mol. The van der Waals surface area contributed by atoms with E-state index in [-0.39, 0.29) is 18.3 Å². The van der Waals surface area contributed by atoms with Gasteiger partial charge in [-0.1, -0.05) is 6.92 Å². The van der Waals surface area contributed by atoms with Crippen LogP contribution in [0.5, 0.6) is 0 Å². The summed E-state index contributed by atoms with van der Waals surface area (Å²) in [5, 5.41) is 18.0. The van der Waals surface area contributed by atoms with Gasteiger partial charge in [0.2, 0.25) is 0 Å². The van der Waals surface area contributed by atoms with Gasteiger partial charge in [-0.3, -0.25) is 0 Å². The highest BCUT2D eigenvalue weighted by Gasteiger charge is 2.55. The second kappa shape index (κ2) is 3.09. The first-order chi connectivity index (χ1) is 5.15. The van der Waals surface area contributed by atoms with Crippen LogP contribution in [0.3, 0.4) is 0 Å². The van der Waals surface area contributed by atoms with Gasteiger partial charge < -0.3 is 14.9 Å². The fourth-order valence-corrected chi connectivity index (χ4v) is 1.46. The lowest BCUT2D eigenvalue weighted by molar-refractivity contribution is 0.0613. The Morgan fingerprint density at radius 3 is 2.64 bits per heavy atom. The van der Waals surface area contributed by atoms with Gasteiger partial charge in [0.25, 0.3) is 0 Å².